The second-order valence-electron chi connectivity index (χ2n) is 12.1. The van der Waals surface area contributed by atoms with Gasteiger partial charge < -0.3 is 25.6 Å². The molecule has 1 aliphatic heterocycles. The first-order chi connectivity index (χ1) is 21.0. The molecule has 2 atom stereocenters. The number of nitrogens with two attached hydrogens (primary N) is 1. The maximum absolute atomic E-state index is 16.1. The minimum absolute atomic E-state index is 0.0399. The number of hydrogen-bond acceptors (Lipinski definition) is 8. The molecule has 0 radical (unpaired) electrons. The van der Waals surface area contributed by atoms with Crippen LogP contribution in [0.15, 0.2) is 42.5 Å². The molecule has 9 nitrogen and oxygen atoms in total. The molecular formula is C32H30F2N4O5S. The summed E-state index contributed by atoms with van der Waals surface area (Å²) in [6.45, 7) is 0.999. The van der Waals surface area contributed by atoms with Gasteiger partial charge in [0.25, 0.3) is 5.91 Å². The van der Waals surface area contributed by atoms with E-state index >= 15 is 4.39 Å². The number of nitrogens with zero attached hydrogens (tertiary/aromatic N) is 2. The van der Waals surface area contributed by atoms with Gasteiger partial charge in [-0.1, -0.05) is 0 Å². The van der Waals surface area contributed by atoms with Gasteiger partial charge in [-0.25, -0.2) is 18.7 Å². The monoisotopic (exact) mass is 620 g/mol. The second kappa shape index (κ2) is 9.93. The number of carbonyl (C=O) groups excluding carboxylic acids is 2. The summed E-state index contributed by atoms with van der Waals surface area (Å²) in [5, 5.41) is 15.8. The lowest BCUT2D eigenvalue weighted by Crippen LogP contribution is -2.49. The lowest BCUT2D eigenvalue weighted by atomic mass is 9.80. The van der Waals surface area contributed by atoms with E-state index in [4.69, 9.17) is 20.2 Å². The van der Waals surface area contributed by atoms with Crippen molar-refractivity contribution in [3.8, 4) is 22.8 Å². The summed E-state index contributed by atoms with van der Waals surface area (Å²) in [7, 11) is 1.51. The molecule has 0 saturated heterocycles. The van der Waals surface area contributed by atoms with E-state index in [9.17, 15) is 19.1 Å². The number of halogens is 2. The Morgan fingerprint density at radius 2 is 1.93 bits per heavy atom. The number of nitrogens with one attached hydrogen (secondary N) is 1. The van der Waals surface area contributed by atoms with Gasteiger partial charge in [0.05, 0.1) is 29.1 Å². The van der Waals surface area contributed by atoms with E-state index in [0.717, 1.165) is 22.5 Å². The molecule has 7 rings (SSSR count). The van der Waals surface area contributed by atoms with E-state index in [-0.39, 0.29) is 42.1 Å². The number of pyridine rings is 1. The van der Waals surface area contributed by atoms with Gasteiger partial charge in [-0.05, 0) is 75.1 Å². The van der Waals surface area contributed by atoms with Crippen LogP contribution in [0.3, 0.4) is 0 Å². The molecule has 0 bridgehead atoms. The Bertz CT molecular complexity index is 1840. The number of aliphatic hydroxyl groups is 1. The molecular weight excluding hydrogens is 590 g/mol. The Labute approximate surface area is 255 Å². The van der Waals surface area contributed by atoms with Crippen LogP contribution in [-0.4, -0.2) is 52.8 Å². The highest BCUT2D eigenvalue weighted by molar-refractivity contribution is 7.18. The van der Waals surface area contributed by atoms with Crippen LogP contribution in [0.4, 0.5) is 8.78 Å². The van der Waals surface area contributed by atoms with E-state index in [1.807, 2.05) is 0 Å². The van der Waals surface area contributed by atoms with Crippen molar-refractivity contribution in [2.24, 2.45) is 5.73 Å². The number of ether oxygens (including phenoxy) is 2. The molecule has 2 saturated carbocycles. The van der Waals surface area contributed by atoms with Crippen LogP contribution < -0.4 is 20.5 Å². The topological polar surface area (TPSA) is 137 Å². The van der Waals surface area contributed by atoms with E-state index < -0.39 is 40.9 Å². The van der Waals surface area contributed by atoms with Crippen LogP contribution in [0.25, 0.3) is 21.5 Å². The number of primary amides is 1. The number of alkyl halides is 1. The van der Waals surface area contributed by atoms with Crippen molar-refractivity contribution < 1.29 is 33.0 Å². The van der Waals surface area contributed by atoms with Gasteiger partial charge in [0.15, 0.2) is 5.60 Å². The fraction of sp³-hybridized carbons (Fsp3) is 0.375. The molecule has 44 heavy (non-hydrogen) atoms. The third kappa shape index (κ3) is 4.50. The largest absolute Gasteiger partial charge is 0.494 e. The molecule has 2 fully saturated rings. The zero-order valence-electron chi connectivity index (χ0n) is 24.1. The third-order valence-electron chi connectivity index (χ3n) is 8.98. The molecule has 0 spiro atoms. The van der Waals surface area contributed by atoms with Gasteiger partial charge in [-0.3, -0.25) is 9.59 Å². The van der Waals surface area contributed by atoms with Crippen molar-refractivity contribution >= 4 is 33.4 Å². The number of fused-ring (bicyclic) bond motifs is 2. The number of thiazole rings is 1. The van der Waals surface area contributed by atoms with E-state index in [1.54, 1.807) is 19.1 Å². The average molecular weight is 621 g/mol. The number of benzene rings is 2. The first-order valence-corrected chi connectivity index (χ1v) is 15.2. The van der Waals surface area contributed by atoms with Gasteiger partial charge >= 0.3 is 0 Å². The van der Waals surface area contributed by atoms with Crippen molar-refractivity contribution in [3.05, 3.63) is 70.1 Å². The normalized spacial score (nSPS) is 21.3. The van der Waals surface area contributed by atoms with Crippen molar-refractivity contribution in [3.63, 3.8) is 0 Å². The molecule has 3 aliphatic rings. The number of methoxy groups -OCH3 is 1. The summed E-state index contributed by atoms with van der Waals surface area (Å²) in [5.74, 6) is -0.558. The Hall–Kier alpha value is -4.16. The summed E-state index contributed by atoms with van der Waals surface area (Å²) < 4.78 is 42.1. The molecule has 0 unspecified atom stereocenters. The van der Waals surface area contributed by atoms with Crippen molar-refractivity contribution in [1.29, 1.82) is 0 Å². The van der Waals surface area contributed by atoms with Gasteiger partial charge in [-0.2, -0.15) is 0 Å². The lowest BCUT2D eigenvalue weighted by Gasteiger charge is -2.33. The van der Waals surface area contributed by atoms with Crippen LogP contribution in [0.2, 0.25) is 0 Å². The fourth-order valence-corrected chi connectivity index (χ4v) is 6.92. The number of hydrogen-bond donors (Lipinski definition) is 3. The van der Waals surface area contributed by atoms with Crippen molar-refractivity contribution in [2.75, 3.05) is 20.3 Å². The molecule has 228 valence electrons. The maximum atomic E-state index is 16.1. The third-order valence-corrected chi connectivity index (χ3v) is 10.1. The predicted octanol–water partition coefficient (Wildman–Crippen LogP) is 4.64. The van der Waals surface area contributed by atoms with Crippen LogP contribution in [0.1, 0.15) is 65.1 Å². The Morgan fingerprint density at radius 1 is 1.20 bits per heavy atom. The SMILES string of the molecule is COc1cc(C(=O)NC[C@](O)(c2cc3c(c(-c4ccc(F)cc4)n2)OC[C@]3(C)C(N)=O)C2(F)CC2)cc2sc(C3CC3)nc12. The van der Waals surface area contributed by atoms with E-state index in [1.165, 1.54) is 48.8 Å². The van der Waals surface area contributed by atoms with Crippen molar-refractivity contribution in [2.45, 2.75) is 55.2 Å². The molecule has 3 heterocycles. The van der Waals surface area contributed by atoms with Gasteiger partial charge in [-0.15, -0.1) is 11.3 Å². The molecule has 4 aromatic rings. The predicted molar refractivity (Wildman–Crippen MR) is 159 cm³/mol. The standard InChI is InChI=1S/C32H30F2N4O5S/c1-30(29(35)40)15-43-26-20(30)13-23(37-24(26)16-5-7-19(33)8-6-16)32(41,31(34)9-10-31)14-36-27(39)18-11-21(42-2)25-22(12-18)44-28(38-25)17-3-4-17/h5-8,11-13,17,41H,3-4,9-10,14-15H2,1-2H3,(H2,35,40)(H,36,39)/t30-,32-/m0/s1. The summed E-state index contributed by atoms with van der Waals surface area (Å²) in [6, 6.07) is 10.2. The zero-order valence-corrected chi connectivity index (χ0v) is 24.9. The first-order valence-electron chi connectivity index (χ1n) is 14.4. The Kier molecular flexibility index (Phi) is 6.45. The van der Waals surface area contributed by atoms with E-state index in [0.29, 0.717) is 28.3 Å². The number of carbonyl (C=O) groups is 2. The molecule has 2 aliphatic carbocycles. The fourth-order valence-electron chi connectivity index (χ4n) is 5.72. The summed E-state index contributed by atoms with van der Waals surface area (Å²) in [5.41, 5.74) is 1.92. The average Bonchev–Trinajstić information content (AvgIpc) is 3.93. The number of aromatic nitrogens is 2. The van der Waals surface area contributed by atoms with Crippen LogP contribution in [0.5, 0.6) is 11.5 Å². The lowest BCUT2D eigenvalue weighted by molar-refractivity contribution is -0.123. The smallest absolute Gasteiger partial charge is 0.251 e. The summed E-state index contributed by atoms with van der Waals surface area (Å²) in [6.07, 6.45) is 2.25. The molecule has 2 amide bonds. The minimum Gasteiger partial charge on any atom is -0.494 e. The molecule has 4 N–H and O–H groups in total. The van der Waals surface area contributed by atoms with Gasteiger partial charge in [0.2, 0.25) is 5.91 Å². The number of amides is 2. The maximum Gasteiger partial charge on any atom is 0.251 e. The highest BCUT2D eigenvalue weighted by Crippen LogP contribution is 2.55. The van der Waals surface area contributed by atoms with Gasteiger partial charge in [0.1, 0.15) is 46.2 Å². The van der Waals surface area contributed by atoms with Crippen LogP contribution in [0, 0.1) is 5.82 Å². The second-order valence-corrected chi connectivity index (χ2v) is 13.1. The molecule has 12 heteroatoms. The van der Waals surface area contributed by atoms with Crippen LogP contribution >= 0.6 is 11.3 Å². The molecule has 2 aromatic carbocycles. The first kappa shape index (κ1) is 28.6. The van der Waals surface area contributed by atoms with Crippen molar-refractivity contribution in [1.82, 2.24) is 15.3 Å². The number of rotatable bonds is 9. The summed E-state index contributed by atoms with van der Waals surface area (Å²) in [4.78, 5) is 35.4. The zero-order chi connectivity index (χ0) is 31.0. The highest BCUT2D eigenvalue weighted by Gasteiger charge is 2.62. The Balaban J connectivity index is 1.27. The highest BCUT2D eigenvalue weighted by atomic mass is 32.1. The Morgan fingerprint density at radius 3 is 2.57 bits per heavy atom. The molecule has 2 aromatic heterocycles. The van der Waals surface area contributed by atoms with E-state index in [2.05, 4.69) is 10.3 Å². The minimum atomic E-state index is -2.27. The quantitative estimate of drug-likeness (QED) is 0.248. The van der Waals surface area contributed by atoms with Gasteiger partial charge in [0, 0.05) is 22.6 Å². The van der Waals surface area contributed by atoms with Crippen LogP contribution in [-0.2, 0) is 15.8 Å². The summed E-state index contributed by atoms with van der Waals surface area (Å²) >= 11 is 1.51.